The van der Waals surface area contributed by atoms with E-state index in [1.165, 1.54) is 7.11 Å². The first kappa shape index (κ1) is 20.2. The van der Waals surface area contributed by atoms with Gasteiger partial charge in [0.15, 0.2) is 0 Å². The van der Waals surface area contributed by atoms with Gasteiger partial charge in [0, 0.05) is 17.6 Å². The summed E-state index contributed by atoms with van der Waals surface area (Å²) in [5.41, 5.74) is 1.61. The molecule has 0 radical (unpaired) electrons. The molecule has 2 unspecified atom stereocenters. The van der Waals surface area contributed by atoms with E-state index in [4.69, 9.17) is 16.3 Å². The van der Waals surface area contributed by atoms with Crippen LogP contribution in [0.5, 0.6) is 5.75 Å². The van der Waals surface area contributed by atoms with Gasteiger partial charge in [-0.15, -0.1) is 0 Å². The van der Waals surface area contributed by atoms with Gasteiger partial charge < -0.3 is 19.9 Å². The molecule has 5 nitrogen and oxygen atoms in total. The second-order valence-electron chi connectivity index (χ2n) is 6.09. The number of methoxy groups -OCH3 is 1. The van der Waals surface area contributed by atoms with Crippen LogP contribution in [0.2, 0.25) is 5.02 Å². The lowest BCUT2D eigenvalue weighted by molar-refractivity contribution is -0.139. The smallest absolute Gasteiger partial charge is 0.309 e. The van der Waals surface area contributed by atoms with E-state index < -0.39 is 6.10 Å². The lowest BCUT2D eigenvalue weighted by atomic mass is 10.1. The van der Waals surface area contributed by atoms with Crippen molar-refractivity contribution in [3.63, 3.8) is 0 Å². The summed E-state index contributed by atoms with van der Waals surface area (Å²) in [5.74, 6) is 0.405. The summed E-state index contributed by atoms with van der Waals surface area (Å²) in [6.45, 7) is 2.81. The molecule has 0 aliphatic rings. The van der Waals surface area contributed by atoms with E-state index in [1.807, 2.05) is 43.3 Å². The van der Waals surface area contributed by atoms with Crippen LogP contribution in [-0.2, 0) is 16.0 Å². The van der Waals surface area contributed by atoms with Crippen molar-refractivity contribution in [1.29, 1.82) is 0 Å². The molecule has 0 saturated heterocycles. The first-order valence-electron chi connectivity index (χ1n) is 8.43. The highest BCUT2D eigenvalue weighted by molar-refractivity contribution is 6.30. The highest BCUT2D eigenvalue weighted by atomic mass is 35.5. The Kier molecular flexibility index (Phi) is 7.91. The number of nitrogens with one attached hydrogen (secondary N) is 1. The van der Waals surface area contributed by atoms with E-state index in [9.17, 15) is 9.90 Å². The standard InChI is InChI=1S/C20H24ClNO4/c1-14(22-12-19(23)16-6-4-7-17(21)11-16)13-26-18-8-3-5-15(9-18)10-20(24)25-2/h3-9,11,14,19,22-23H,10,12-13H2,1-2H3. The van der Waals surface area contributed by atoms with Gasteiger partial charge in [0.25, 0.3) is 0 Å². The van der Waals surface area contributed by atoms with Gasteiger partial charge in [0.1, 0.15) is 12.4 Å². The number of carbonyl (C=O) groups excluding carboxylic acids is 1. The summed E-state index contributed by atoms with van der Waals surface area (Å²) >= 11 is 5.94. The second kappa shape index (κ2) is 10.2. The van der Waals surface area contributed by atoms with Crippen LogP contribution >= 0.6 is 11.6 Å². The molecule has 0 aliphatic carbocycles. The summed E-state index contributed by atoms with van der Waals surface area (Å²) < 4.78 is 10.4. The fourth-order valence-electron chi connectivity index (χ4n) is 2.41. The maximum Gasteiger partial charge on any atom is 0.309 e. The molecule has 0 aromatic heterocycles. The summed E-state index contributed by atoms with van der Waals surface area (Å²) in [7, 11) is 1.37. The van der Waals surface area contributed by atoms with Crippen LogP contribution in [0.25, 0.3) is 0 Å². The first-order chi connectivity index (χ1) is 12.5. The van der Waals surface area contributed by atoms with Gasteiger partial charge in [-0.25, -0.2) is 0 Å². The molecule has 26 heavy (non-hydrogen) atoms. The lowest BCUT2D eigenvalue weighted by Crippen LogP contribution is -2.34. The number of carbonyl (C=O) groups is 1. The molecule has 0 amide bonds. The Hall–Kier alpha value is -2.08. The fourth-order valence-corrected chi connectivity index (χ4v) is 2.61. The van der Waals surface area contributed by atoms with Gasteiger partial charge in [0.2, 0.25) is 0 Å². The summed E-state index contributed by atoms with van der Waals surface area (Å²) in [6.07, 6.45) is -0.424. The number of hydrogen-bond donors (Lipinski definition) is 2. The number of ether oxygens (including phenoxy) is 2. The zero-order valence-electron chi connectivity index (χ0n) is 14.9. The maximum absolute atomic E-state index is 11.3. The molecule has 0 saturated carbocycles. The van der Waals surface area contributed by atoms with Crippen LogP contribution in [0.4, 0.5) is 0 Å². The molecule has 2 atom stereocenters. The minimum absolute atomic E-state index is 0.0353. The van der Waals surface area contributed by atoms with Crippen LogP contribution in [0.1, 0.15) is 24.2 Å². The average Bonchev–Trinajstić information content (AvgIpc) is 2.64. The van der Waals surface area contributed by atoms with Gasteiger partial charge in [-0.2, -0.15) is 0 Å². The van der Waals surface area contributed by atoms with E-state index in [0.717, 1.165) is 11.1 Å². The molecule has 0 heterocycles. The number of esters is 1. The van der Waals surface area contributed by atoms with Gasteiger partial charge in [-0.1, -0.05) is 35.9 Å². The highest BCUT2D eigenvalue weighted by Crippen LogP contribution is 2.17. The third-order valence-electron chi connectivity index (χ3n) is 3.87. The van der Waals surface area contributed by atoms with Crippen LogP contribution in [0.15, 0.2) is 48.5 Å². The van der Waals surface area contributed by atoms with Crippen LogP contribution in [0, 0.1) is 0 Å². The Morgan fingerprint density at radius 1 is 1.23 bits per heavy atom. The van der Waals surface area contributed by atoms with Crippen molar-refractivity contribution in [1.82, 2.24) is 5.32 Å². The minimum atomic E-state index is -0.639. The lowest BCUT2D eigenvalue weighted by Gasteiger charge is -2.18. The summed E-state index contributed by atoms with van der Waals surface area (Å²) in [5, 5.41) is 14.1. The average molecular weight is 378 g/mol. The molecule has 2 N–H and O–H groups in total. The van der Waals surface area contributed by atoms with E-state index in [1.54, 1.807) is 12.1 Å². The Morgan fingerprint density at radius 2 is 2.00 bits per heavy atom. The van der Waals surface area contributed by atoms with Crippen molar-refractivity contribution < 1.29 is 19.4 Å². The number of aliphatic hydroxyl groups excluding tert-OH is 1. The SMILES string of the molecule is COC(=O)Cc1cccc(OCC(C)NCC(O)c2cccc(Cl)c2)c1. The second-order valence-corrected chi connectivity index (χ2v) is 6.53. The minimum Gasteiger partial charge on any atom is -0.492 e. The number of halogens is 1. The number of aliphatic hydroxyl groups is 1. The van der Waals surface area contributed by atoms with Crippen LogP contribution in [0.3, 0.4) is 0 Å². The van der Waals surface area contributed by atoms with Gasteiger partial charge >= 0.3 is 5.97 Å². The van der Waals surface area contributed by atoms with Crippen molar-refractivity contribution in [2.24, 2.45) is 0 Å². The fraction of sp³-hybridized carbons (Fsp3) is 0.350. The number of hydrogen-bond acceptors (Lipinski definition) is 5. The zero-order valence-corrected chi connectivity index (χ0v) is 15.7. The molecule has 140 valence electrons. The molecule has 6 heteroatoms. The third kappa shape index (κ3) is 6.67. The Morgan fingerprint density at radius 3 is 2.73 bits per heavy atom. The van der Waals surface area contributed by atoms with Crippen molar-refractivity contribution in [2.45, 2.75) is 25.5 Å². The molecular formula is C20H24ClNO4. The van der Waals surface area contributed by atoms with Crippen molar-refractivity contribution >= 4 is 17.6 Å². The molecule has 0 aliphatic heterocycles. The largest absolute Gasteiger partial charge is 0.492 e. The van der Waals surface area contributed by atoms with Gasteiger partial charge in [0.05, 0.1) is 19.6 Å². The quantitative estimate of drug-likeness (QED) is 0.657. The number of rotatable bonds is 9. The topological polar surface area (TPSA) is 67.8 Å². The van der Waals surface area contributed by atoms with E-state index in [-0.39, 0.29) is 18.4 Å². The van der Waals surface area contributed by atoms with Gasteiger partial charge in [-0.05, 0) is 42.3 Å². The molecule has 2 rings (SSSR count). The molecule has 0 fully saturated rings. The molecule has 2 aromatic carbocycles. The molecular weight excluding hydrogens is 354 g/mol. The maximum atomic E-state index is 11.3. The Balaban J connectivity index is 1.78. The zero-order chi connectivity index (χ0) is 18.9. The van der Waals surface area contributed by atoms with Gasteiger partial charge in [-0.3, -0.25) is 4.79 Å². The normalized spacial score (nSPS) is 13.1. The molecule has 2 aromatic rings. The summed E-state index contributed by atoms with van der Waals surface area (Å²) in [4.78, 5) is 11.3. The van der Waals surface area contributed by atoms with Crippen molar-refractivity contribution in [3.8, 4) is 5.75 Å². The number of benzene rings is 2. The van der Waals surface area contributed by atoms with Crippen molar-refractivity contribution in [3.05, 3.63) is 64.7 Å². The van der Waals surface area contributed by atoms with E-state index in [2.05, 4.69) is 10.1 Å². The predicted molar refractivity (Wildman–Crippen MR) is 102 cm³/mol. The van der Waals surface area contributed by atoms with E-state index in [0.29, 0.717) is 23.9 Å². The van der Waals surface area contributed by atoms with E-state index >= 15 is 0 Å². The Labute approximate surface area is 158 Å². The molecule has 0 spiro atoms. The van der Waals surface area contributed by atoms with Crippen LogP contribution < -0.4 is 10.1 Å². The predicted octanol–water partition coefficient (Wildman–Crippen LogP) is 3.15. The summed E-state index contributed by atoms with van der Waals surface area (Å²) in [6, 6.07) is 14.6. The monoisotopic (exact) mass is 377 g/mol. The first-order valence-corrected chi connectivity index (χ1v) is 8.81. The van der Waals surface area contributed by atoms with Crippen LogP contribution in [-0.4, -0.2) is 37.4 Å². The van der Waals surface area contributed by atoms with Crippen molar-refractivity contribution in [2.75, 3.05) is 20.3 Å². The Bertz CT molecular complexity index is 722. The highest BCUT2D eigenvalue weighted by Gasteiger charge is 2.11. The third-order valence-corrected chi connectivity index (χ3v) is 4.10. The molecule has 0 bridgehead atoms.